The lowest BCUT2D eigenvalue weighted by molar-refractivity contribution is 0.182. The van der Waals surface area contributed by atoms with Gasteiger partial charge in [0.15, 0.2) is 0 Å². The summed E-state index contributed by atoms with van der Waals surface area (Å²) in [6, 6.07) is 8.20. The van der Waals surface area contributed by atoms with Crippen LogP contribution in [-0.4, -0.2) is 54.3 Å². The van der Waals surface area contributed by atoms with E-state index in [4.69, 9.17) is 0 Å². The highest BCUT2D eigenvalue weighted by atomic mass is 16.1. The molecule has 1 aliphatic heterocycles. The molecule has 4 rings (SSSR count). The fourth-order valence-corrected chi connectivity index (χ4v) is 3.58. The van der Waals surface area contributed by atoms with Crippen LogP contribution in [0.1, 0.15) is 25.3 Å². The van der Waals surface area contributed by atoms with E-state index < -0.39 is 0 Å². The third-order valence-electron chi connectivity index (χ3n) is 4.80. The number of aromatic nitrogens is 6. The Balaban J connectivity index is 1.35. The predicted molar refractivity (Wildman–Crippen MR) is 89.7 cm³/mol. The molecule has 1 saturated heterocycles. The van der Waals surface area contributed by atoms with Gasteiger partial charge < -0.3 is 9.88 Å². The normalized spacial score (nSPS) is 16.8. The summed E-state index contributed by atoms with van der Waals surface area (Å²) < 4.78 is 3.70. The first-order chi connectivity index (χ1) is 11.8. The lowest BCUT2D eigenvalue weighted by atomic mass is 10.0. The maximum absolute atomic E-state index is 12.3. The number of nitrogens with zero attached hydrogens (tertiary/aromatic N) is 6. The standard InChI is InChI=1S/C16H21N7O/c24-16-18-14-4-1-2-5-15(14)23(16)13-6-10-21(11-7-13)8-3-9-22-12-17-19-20-22/h1-2,4-5,12-13H,3,6-11H2,(H,18,24). The molecule has 1 fully saturated rings. The summed E-state index contributed by atoms with van der Waals surface area (Å²) >= 11 is 0. The number of piperidine rings is 1. The van der Waals surface area contributed by atoms with Gasteiger partial charge in [0.2, 0.25) is 0 Å². The van der Waals surface area contributed by atoms with Crippen molar-refractivity contribution in [2.75, 3.05) is 19.6 Å². The van der Waals surface area contributed by atoms with Crippen LogP contribution in [0, 0.1) is 0 Å². The van der Waals surface area contributed by atoms with Crippen molar-refractivity contribution in [3.8, 4) is 0 Å². The first-order valence-corrected chi connectivity index (χ1v) is 8.43. The lowest BCUT2D eigenvalue weighted by Crippen LogP contribution is -2.37. The highest BCUT2D eigenvalue weighted by molar-refractivity contribution is 5.75. The van der Waals surface area contributed by atoms with E-state index in [1.807, 2.05) is 28.8 Å². The largest absolute Gasteiger partial charge is 0.326 e. The Labute approximate surface area is 139 Å². The number of aromatic amines is 1. The van der Waals surface area contributed by atoms with Gasteiger partial charge in [-0.2, -0.15) is 0 Å². The number of H-pyrrole nitrogens is 1. The van der Waals surface area contributed by atoms with Crippen molar-refractivity contribution in [2.45, 2.75) is 31.8 Å². The maximum Gasteiger partial charge on any atom is 0.326 e. The first-order valence-electron chi connectivity index (χ1n) is 8.43. The number of tetrazole rings is 1. The molecule has 0 aliphatic carbocycles. The second kappa shape index (κ2) is 6.56. The van der Waals surface area contributed by atoms with Gasteiger partial charge in [0.1, 0.15) is 6.33 Å². The number of aryl methyl sites for hydroxylation is 1. The first kappa shape index (κ1) is 15.1. The van der Waals surface area contributed by atoms with Gasteiger partial charge in [-0.25, -0.2) is 9.48 Å². The van der Waals surface area contributed by atoms with Crippen LogP contribution in [-0.2, 0) is 6.54 Å². The molecule has 2 aromatic heterocycles. The zero-order valence-corrected chi connectivity index (χ0v) is 13.5. The minimum atomic E-state index is 0.00771. The number of nitrogens with one attached hydrogen (secondary N) is 1. The minimum absolute atomic E-state index is 0.00771. The van der Waals surface area contributed by atoms with E-state index in [0.29, 0.717) is 0 Å². The van der Waals surface area contributed by atoms with Crippen molar-refractivity contribution in [3.63, 3.8) is 0 Å². The molecule has 0 spiro atoms. The summed E-state index contributed by atoms with van der Waals surface area (Å²) in [5.74, 6) is 0. The van der Waals surface area contributed by atoms with Crippen molar-refractivity contribution < 1.29 is 0 Å². The zero-order chi connectivity index (χ0) is 16.4. The van der Waals surface area contributed by atoms with Gasteiger partial charge in [-0.05, 0) is 48.4 Å². The van der Waals surface area contributed by atoms with E-state index in [1.54, 1.807) is 11.0 Å². The Hall–Kier alpha value is -2.48. The second-order valence-corrected chi connectivity index (χ2v) is 6.32. The molecule has 0 radical (unpaired) electrons. The number of likely N-dealkylation sites (tertiary alicyclic amines) is 1. The van der Waals surface area contributed by atoms with Gasteiger partial charge in [-0.3, -0.25) is 4.57 Å². The van der Waals surface area contributed by atoms with Gasteiger partial charge in [0.25, 0.3) is 0 Å². The minimum Gasteiger partial charge on any atom is -0.306 e. The zero-order valence-electron chi connectivity index (χ0n) is 13.5. The van der Waals surface area contributed by atoms with E-state index >= 15 is 0 Å². The smallest absolute Gasteiger partial charge is 0.306 e. The molecule has 0 bridgehead atoms. The van der Waals surface area contributed by atoms with Crippen LogP contribution in [0.3, 0.4) is 0 Å². The number of hydrogen-bond donors (Lipinski definition) is 1. The van der Waals surface area contributed by atoms with E-state index in [9.17, 15) is 4.79 Å². The van der Waals surface area contributed by atoms with Gasteiger partial charge >= 0.3 is 5.69 Å². The molecule has 8 nitrogen and oxygen atoms in total. The van der Waals surface area contributed by atoms with Crippen LogP contribution in [0.5, 0.6) is 0 Å². The highest BCUT2D eigenvalue weighted by Gasteiger charge is 2.23. The number of fused-ring (bicyclic) bond motifs is 1. The molecule has 1 aromatic carbocycles. The Bertz CT molecular complexity index is 843. The van der Waals surface area contributed by atoms with Gasteiger partial charge in [-0.1, -0.05) is 12.1 Å². The molecule has 126 valence electrons. The number of para-hydroxylation sites is 2. The molecular weight excluding hydrogens is 306 g/mol. The number of rotatable bonds is 5. The Kier molecular flexibility index (Phi) is 4.12. The molecule has 8 heteroatoms. The topological polar surface area (TPSA) is 84.6 Å². The molecule has 0 amide bonds. The summed E-state index contributed by atoms with van der Waals surface area (Å²) in [7, 11) is 0. The number of benzene rings is 1. The van der Waals surface area contributed by atoms with E-state index in [-0.39, 0.29) is 11.7 Å². The molecule has 0 atom stereocenters. The molecule has 0 saturated carbocycles. The van der Waals surface area contributed by atoms with E-state index in [2.05, 4.69) is 25.4 Å². The average Bonchev–Trinajstić information content (AvgIpc) is 3.22. The molecule has 1 N–H and O–H groups in total. The highest BCUT2D eigenvalue weighted by Crippen LogP contribution is 2.24. The summed E-state index contributed by atoms with van der Waals surface area (Å²) in [5, 5.41) is 11.2. The molecule has 24 heavy (non-hydrogen) atoms. The van der Waals surface area contributed by atoms with E-state index in [1.165, 1.54) is 0 Å². The summed E-state index contributed by atoms with van der Waals surface area (Å²) in [4.78, 5) is 17.7. The van der Waals surface area contributed by atoms with Crippen LogP contribution < -0.4 is 5.69 Å². The predicted octanol–water partition coefficient (Wildman–Crippen LogP) is 1.04. The second-order valence-electron chi connectivity index (χ2n) is 6.32. The average molecular weight is 327 g/mol. The van der Waals surface area contributed by atoms with Crippen molar-refractivity contribution >= 4 is 11.0 Å². The number of imidazole rings is 1. The van der Waals surface area contributed by atoms with Crippen LogP contribution >= 0.6 is 0 Å². The lowest BCUT2D eigenvalue weighted by Gasteiger charge is -2.32. The third-order valence-corrected chi connectivity index (χ3v) is 4.80. The quantitative estimate of drug-likeness (QED) is 0.757. The van der Waals surface area contributed by atoms with Crippen molar-refractivity contribution in [3.05, 3.63) is 41.1 Å². The molecular formula is C16H21N7O. The summed E-state index contributed by atoms with van der Waals surface area (Å²) in [5.41, 5.74) is 1.94. The van der Waals surface area contributed by atoms with E-state index in [0.717, 1.165) is 56.5 Å². The van der Waals surface area contributed by atoms with Crippen LogP contribution in [0.15, 0.2) is 35.4 Å². The van der Waals surface area contributed by atoms with Crippen LogP contribution in [0.4, 0.5) is 0 Å². The fourth-order valence-electron chi connectivity index (χ4n) is 3.58. The van der Waals surface area contributed by atoms with Crippen molar-refractivity contribution in [1.29, 1.82) is 0 Å². The van der Waals surface area contributed by atoms with Crippen LogP contribution in [0.2, 0.25) is 0 Å². The summed E-state index contributed by atoms with van der Waals surface area (Å²) in [6.45, 7) is 3.92. The maximum atomic E-state index is 12.3. The van der Waals surface area contributed by atoms with Crippen molar-refractivity contribution in [2.24, 2.45) is 0 Å². The molecule has 3 heterocycles. The molecule has 3 aromatic rings. The third kappa shape index (κ3) is 2.96. The number of hydrogen-bond acceptors (Lipinski definition) is 5. The Morgan fingerprint density at radius 3 is 2.79 bits per heavy atom. The van der Waals surface area contributed by atoms with Gasteiger partial charge in [0.05, 0.1) is 11.0 Å². The van der Waals surface area contributed by atoms with Gasteiger partial charge in [-0.15, -0.1) is 5.10 Å². The monoisotopic (exact) mass is 327 g/mol. The SMILES string of the molecule is O=c1[nH]c2ccccc2n1C1CCN(CCCn2cnnn2)CC1. The fraction of sp³-hybridized carbons (Fsp3) is 0.500. The van der Waals surface area contributed by atoms with Crippen molar-refractivity contribution in [1.82, 2.24) is 34.7 Å². The molecule has 1 aliphatic rings. The van der Waals surface area contributed by atoms with Gasteiger partial charge in [0, 0.05) is 25.7 Å². The summed E-state index contributed by atoms with van der Waals surface area (Å²) in [6.07, 6.45) is 4.69. The Morgan fingerprint density at radius 1 is 1.17 bits per heavy atom. The molecule has 0 unspecified atom stereocenters. The Morgan fingerprint density at radius 2 is 2.00 bits per heavy atom. The van der Waals surface area contributed by atoms with Crippen LogP contribution in [0.25, 0.3) is 11.0 Å².